The number of carbonyl (C=O) groups excluding carboxylic acids is 1. The summed E-state index contributed by atoms with van der Waals surface area (Å²) in [4.78, 5) is 28.9. The number of ether oxygens (including phenoxy) is 1. The first kappa shape index (κ1) is 20.9. The molecule has 0 radical (unpaired) electrons. The molecule has 0 spiro atoms. The number of aromatic nitrogens is 1. The number of carbonyl (C=O) groups is 1. The van der Waals surface area contributed by atoms with Crippen molar-refractivity contribution in [2.45, 2.75) is 58.5 Å². The van der Waals surface area contributed by atoms with Crippen molar-refractivity contribution < 1.29 is 9.53 Å². The molecule has 5 heteroatoms. The largest absolute Gasteiger partial charge is 0.376 e. The van der Waals surface area contributed by atoms with Gasteiger partial charge in [-0.05, 0) is 73.8 Å². The van der Waals surface area contributed by atoms with E-state index in [2.05, 4.69) is 19.9 Å². The lowest BCUT2D eigenvalue weighted by atomic mass is 10.0. The second kappa shape index (κ2) is 8.76. The quantitative estimate of drug-likeness (QED) is 0.686. The zero-order valence-corrected chi connectivity index (χ0v) is 18.3. The van der Waals surface area contributed by atoms with E-state index in [0.717, 1.165) is 50.1 Å². The third kappa shape index (κ3) is 4.51. The smallest absolute Gasteiger partial charge is 0.268 e. The molecule has 160 valence electrons. The summed E-state index contributed by atoms with van der Waals surface area (Å²) in [5, 5.41) is 0. The normalized spacial score (nSPS) is 18.7. The van der Waals surface area contributed by atoms with Gasteiger partial charge in [0.1, 0.15) is 5.56 Å². The molecule has 1 amide bonds. The van der Waals surface area contributed by atoms with Crippen LogP contribution in [0.4, 0.5) is 0 Å². The van der Waals surface area contributed by atoms with Crippen LogP contribution in [0, 0.1) is 12.8 Å². The predicted octanol–water partition coefficient (Wildman–Crippen LogP) is 4.30. The van der Waals surface area contributed by atoms with Crippen molar-refractivity contribution in [3.05, 3.63) is 63.6 Å². The van der Waals surface area contributed by atoms with Crippen molar-refractivity contribution >= 4 is 5.91 Å². The fourth-order valence-electron chi connectivity index (χ4n) is 4.17. The summed E-state index contributed by atoms with van der Waals surface area (Å²) in [6.45, 7) is 8.17. The van der Waals surface area contributed by atoms with Gasteiger partial charge in [-0.1, -0.05) is 26.0 Å². The van der Waals surface area contributed by atoms with E-state index in [1.54, 1.807) is 10.8 Å². The Labute approximate surface area is 178 Å². The molecule has 1 aromatic carbocycles. The Hall–Kier alpha value is -2.40. The third-order valence-corrected chi connectivity index (χ3v) is 6.24. The summed E-state index contributed by atoms with van der Waals surface area (Å²) in [7, 11) is 0. The highest BCUT2D eigenvalue weighted by Crippen LogP contribution is 2.31. The molecule has 0 N–H and O–H groups in total. The maximum absolute atomic E-state index is 13.6. The van der Waals surface area contributed by atoms with Gasteiger partial charge in [0.05, 0.1) is 6.10 Å². The molecule has 2 aliphatic rings. The molecule has 0 bridgehead atoms. The molecular formula is C25H32N2O3. The van der Waals surface area contributed by atoms with Crippen molar-refractivity contribution in [3.63, 3.8) is 0 Å². The van der Waals surface area contributed by atoms with Gasteiger partial charge in [-0.3, -0.25) is 14.2 Å². The van der Waals surface area contributed by atoms with Gasteiger partial charge in [-0.15, -0.1) is 0 Å². The van der Waals surface area contributed by atoms with Crippen LogP contribution in [0.2, 0.25) is 0 Å². The number of hydrogen-bond acceptors (Lipinski definition) is 3. The Morgan fingerprint density at radius 3 is 2.67 bits per heavy atom. The Bertz CT molecular complexity index is 969. The molecule has 1 aromatic heterocycles. The minimum Gasteiger partial charge on any atom is -0.376 e. The fraction of sp³-hybridized carbons (Fsp3) is 0.520. The molecule has 2 heterocycles. The number of amides is 1. The number of benzene rings is 1. The number of aryl methyl sites for hydroxylation is 1. The van der Waals surface area contributed by atoms with Gasteiger partial charge in [-0.2, -0.15) is 0 Å². The van der Waals surface area contributed by atoms with E-state index in [1.807, 2.05) is 36.1 Å². The number of pyridine rings is 1. The lowest BCUT2D eigenvalue weighted by molar-refractivity contribution is 0.0513. The molecule has 4 rings (SSSR count). The number of rotatable bonds is 7. The Kier molecular flexibility index (Phi) is 6.09. The molecule has 1 aliphatic carbocycles. The first-order chi connectivity index (χ1) is 14.4. The van der Waals surface area contributed by atoms with Crippen molar-refractivity contribution in [2.75, 3.05) is 19.7 Å². The van der Waals surface area contributed by atoms with E-state index in [-0.39, 0.29) is 23.1 Å². The highest BCUT2D eigenvalue weighted by atomic mass is 16.5. The van der Waals surface area contributed by atoms with Crippen LogP contribution in [0.1, 0.15) is 66.9 Å². The first-order valence-corrected chi connectivity index (χ1v) is 11.2. The summed E-state index contributed by atoms with van der Waals surface area (Å²) in [5.74, 6) is 0.770. The lowest BCUT2D eigenvalue weighted by Crippen LogP contribution is -2.42. The highest BCUT2D eigenvalue weighted by molar-refractivity contribution is 5.95. The lowest BCUT2D eigenvalue weighted by Gasteiger charge is -2.26. The molecule has 30 heavy (non-hydrogen) atoms. The number of hydrogen-bond donors (Lipinski definition) is 0. The molecule has 1 saturated heterocycles. The first-order valence-electron chi connectivity index (χ1n) is 11.2. The maximum atomic E-state index is 13.6. The van der Waals surface area contributed by atoms with Crippen LogP contribution in [0.25, 0.3) is 5.69 Å². The molecule has 1 atom stereocenters. The Balaban J connectivity index is 1.68. The summed E-state index contributed by atoms with van der Waals surface area (Å²) in [6.07, 6.45) is 6.21. The van der Waals surface area contributed by atoms with Crippen LogP contribution >= 0.6 is 0 Å². The van der Waals surface area contributed by atoms with Crippen LogP contribution in [-0.2, 0) is 4.74 Å². The molecule has 1 unspecified atom stereocenters. The van der Waals surface area contributed by atoms with Crippen LogP contribution < -0.4 is 5.56 Å². The van der Waals surface area contributed by atoms with E-state index in [4.69, 9.17) is 4.74 Å². The molecular weight excluding hydrogens is 376 g/mol. The fourth-order valence-corrected chi connectivity index (χ4v) is 4.17. The second-order valence-corrected chi connectivity index (χ2v) is 9.09. The van der Waals surface area contributed by atoms with Gasteiger partial charge in [0.2, 0.25) is 0 Å². The molecule has 1 aliphatic heterocycles. The minimum atomic E-state index is -0.242. The zero-order chi connectivity index (χ0) is 21.3. The molecule has 2 aromatic rings. The van der Waals surface area contributed by atoms with Crippen LogP contribution in [-0.4, -0.2) is 41.2 Å². The Morgan fingerprint density at radius 2 is 2.00 bits per heavy atom. The monoisotopic (exact) mass is 408 g/mol. The van der Waals surface area contributed by atoms with Crippen molar-refractivity contribution in [2.24, 2.45) is 5.92 Å². The topological polar surface area (TPSA) is 51.5 Å². The van der Waals surface area contributed by atoms with E-state index < -0.39 is 0 Å². The molecule has 5 nitrogen and oxygen atoms in total. The standard InChI is InChI=1S/C25H32N2O3/c1-17(2)20-6-4-7-21(14-20)27-12-11-18(3)23(25(27)29)24(28)26(15-19-9-10-19)16-22-8-5-13-30-22/h4,6-7,11-12,14,17,19,22H,5,8-10,13,15-16H2,1-3H3. The average Bonchev–Trinajstić information content (AvgIpc) is 3.39. The molecule has 2 fully saturated rings. The zero-order valence-electron chi connectivity index (χ0n) is 18.3. The number of nitrogens with zero attached hydrogens (tertiary/aromatic N) is 2. The SMILES string of the molecule is Cc1ccn(-c2cccc(C(C)C)c2)c(=O)c1C(=O)N(CC1CC1)CC1CCCO1. The summed E-state index contributed by atoms with van der Waals surface area (Å²) in [5.41, 5.74) is 2.74. The van der Waals surface area contributed by atoms with E-state index >= 15 is 0 Å². The highest BCUT2D eigenvalue weighted by Gasteiger charge is 2.31. The Morgan fingerprint density at radius 1 is 1.20 bits per heavy atom. The molecule has 1 saturated carbocycles. The van der Waals surface area contributed by atoms with Crippen LogP contribution in [0.15, 0.2) is 41.3 Å². The summed E-state index contributed by atoms with van der Waals surface area (Å²) >= 11 is 0. The van der Waals surface area contributed by atoms with Gasteiger partial charge >= 0.3 is 0 Å². The second-order valence-electron chi connectivity index (χ2n) is 9.09. The van der Waals surface area contributed by atoms with Crippen molar-refractivity contribution in [1.82, 2.24) is 9.47 Å². The van der Waals surface area contributed by atoms with Crippen LogP contribution in [0.5, 0.6) is 0 Å². The van der Waals surface area contributed by atoms with Crippen molar-refractivity contribution in [1.29, 1.82) is 0 Å². The third-order valence-electron chi connectivity index (χ3n) is 6.24. The van der Waals surface area contributed by atoms with E-state index in [0.29, 0.717) is 18.4 Å². The van der Waals surface area contributed by atoms with Gasteiger partial charge < -0.3 is 9.64 Å². The van der Waals surface area contributed by atoms with Gasteiger partial charge in [-0.25, -0.2) is 0 Å². The van der Waals surface area contributed by atoms with Gasteiger partial charge in [0.25, 0.3) is 11.5 Å². The van der Waals surface area contributed by atoms with Gasteiger partial charge in [0, 0.05) is 31.6 Å². The van der Waals surface area contributed by atoms with Gasteiger partial charge in [0.15, 0.2) is 0 Å². The van der Waals surface area contributed by atoms with E-state index in [1.165, 1.54) is 5.56 Å². The van der Waals surface area contributed by atoms with Crippen molar-refractivity contribution in [3.8, 4) is 5.69 Å². The average molecular weight is 409 g/mol. The minimum absolute atomic E-state index is 0.0849. The maximum Gasteiger partial charge on any atom is 0.268 e. The summed E-state index contributed by atoms with van der Waals surface area (Å²) < 4.78 is 7.39. The van der Waals surface area contributed by atoms with E-state index in [9.17, 15) is 9.59 Å². The predicted molar refractivity (Wildman–Crippen MR) is 118 cm³/mol. The summed E-state index contributed by atoms with van der Waals surface area (Å²) in [6, 6.07) is 9.86. The van der Waals surface area contributed by atoms with Crippen LogP contribution in [0.3, 0.4) is 0 Å².